The first-order valence-corrected chi connectivity index (χ1v) is 5.17. The first kappa shape index (κ1) is 12.6. The van der Waals surface area contributed by atoms with Crippen molar-refractivity contribution in [3.63, 3.8) is 0 Å². The van der Waals surface area contributed by atoms with Crippen LogP contribution in [0.3, 0.4) is 0 Å². The highest BCUT2D eigenvalue weighted by Gasteiger charge is 2.25. The third-order valence-electron chi connectivity index (χ3n) is 2.01. The molecule has 1 unspecified atom stereocenters. The maximum Gasteiger partial charge on any atom is 0.316 e. The smallest absolute Gasteiger partial charge is 0.316 e. The number of rotatable bonds is 2. The summed E-state index contributed by atoms with van der Waals surface area (Å²) in [5, 5.41) is 9.47. The van der Waals surface area contributed by atoms with Crippen LogP contribution < -0.4 is 4.74 Å². The normalized spacial score (nSPS) is 13.3. The van der Waals surface area contributed by atoms with Gasteiger partial charge in [0.25, 0.3) is 0 Å². The Hall–Kier alpha value is -1.42. The van der Waals surface area contributed by atoms with Crippen LogP contribution in [0.15, 0.2) is 18.3 Å². The van der Waals surface area contributed by atoms with Gasteiger partial charge in [-0.25, -0.2) is 0 Å². The summed E-state index contributed by atoms with van der Waals surface area (Å²) < 4.78 is 5.21. The van der Waals surface area contributed by atoms with Crippen LogP contribution in [-0.2, 0) is 4.79 Å². The number of aliphatic hydroxyl groups excluding tert-OH is 1. The largest absolute Gasteiger partial charge is 0.424 e. The summed E-state index contributed by atoms with van der Waals surface area (Å²) >= 11 is 0. The summed E-state index contributed by atoms with van der Waals surface area (Å²) in [7, 11) is 0. The Morgan fingerprint density at radius 3 is 2.62 bits per heavy atom. The third-order valence-corrected chi connectivity index (χ3v) is 2.01. The zero-order valence-electron chi connectivity index (χ0n) is 10.0. The number of nitrogens with zero attached hydrogens (tertiary/aromatic N) is 1. The molecule has 0 bridgehead atoms. The number of carbonyl (C=O) groups excluding carboxylic acids is 1. The topological polar surface area (TPSA) is 59.4 Å². The van der Waals surface area contributed by atoms with Gasteiger partial charge in [0.1, 0.15) is 5.69 Å². The zero-order valence-corrected chi connectivity index (χ0v) is 10.0. The summed E-state index contributed by atoms with van der Waals surface area (Å²) in [4.78, 5) is 15.7. The summed E-state index contributed by atoms with van der Waals surface area (Å²) in [5.74, 6) is -0.0279. The van der Waals surface area contributed by atoms with Crippen LogP contribution in [0, 0.1) is 5.41 Å². The zero-order chi connectivity index (χ0) is 12.3. The average molecular weight is 223 g/mol. The molecule has 0 aliphatic carbocycles. The van der Waals surface area contributed by atoms with Gasteiger partial charge in [-0.2, -0.15) is 0 Å². The molecule has 88 valence electrons. The van der Waals surface area contributed by atoms with Crippen molar-refractivity contribution >= 4 is 5.97 Å². The number of aliphatic hydroxyl groups is 1. The van der Waals surface area contributed by atoms with Crippen molar-refractivity contribution in [3.8, 4) is 5.75 Å². The fourth-order valence-electron chi connectivity index (χ4n) is 1.06. The van der Waals surface area contributed by atoms with E-state index in [9.17, 15) is 9.90 Å². The van der Waals surface area contributed by atoms with Gasteiger partial charge in [-0.3, -0.25) is 9.78 Å². The molecule has 1 N–H and O–H groups in total. The molecule has 1 atom stereocenters. The van der Waals surface area contributed by atoms with Crippen molar-refractivity contribution in [2.75, 3.05) is 0 Å². The van der Waals surface area contributed by atoms with E-state index < -0.39 is 11.5 Å². The molecule has 0 aliphatic rings. The molecule has 0 radical (unpaired) electrons. The summed E-state index contributed by atoms with van der Waals surface area (Å²) in [5.41, 5.74) is -0.202. The molecule has 0 fully saturated rings. The molecule has 1 aromatic rings. The molecule has 1 heterocycles. The maximum absolute atomic E-state index is 11.7. The molecule has 0 saturated carbocycles. The van der Waals surface area contributed by atoms with Crippen LogP contribution in [0.25, 0.3) is 0 Å². The van der Waals surface area contributed by atoms with Crippen LogP contribution in [0.2, 0.25) is 0 Å². The number of hydrogen-bond acceptors (Lipinski definition) is 4. The highest BCUT2D eigenvalue weighted by atomic mass is 16.5. The lowest BCUT2D eigenvalue weighted by Gasteiger charge is -2.18. The number of esters is 1. The Bertz CT molecular complexity index is 380. The predicted molar refractivity (Wildman–Crippen MR) is 60.0 cm³/mol. The molecular formula is C12H17NO3. The number of ether oxygens (including phenoxy) is 1. The van der Waals surface area contributed by atoms with Crippen molar-refractivity contribution < 1.29 is 14.6 Å². The number of carbonyl (C=O) groups is 1. The van der Waals surface area contributed by atoms with Crippen LogP contribution in [0.4, 0.5) is 0 Å². The Kier molecular flexibility index (Phi) is 3.65. The monoisotopic (exact) mass is 223 g/mol. The van der Waals surface area contributed by atoms with E-state index in [1.54, 1.807) is 46.0 Å². The van der Waals surface area contributed by atoms with E-state index in [-0.39, 0.29) is 5.97 Å². The van der Waals surface area contributed by atoms with E-state index in [2.05, 4.69) is 4.98 Å². The number of aromatic nitrogens is 1. The van der Waals surface area contributed by atoms with Crippen molar-refractivity contribution in [2.45, 2.75) is 33.8 Å². The van der Waals surface area contributed by atoms with Gasteiger partial charge in [-0.15, -0.1) is 0 Å². The van der Waals surface area contributed by atoms with Crippen molar-refractivity contribution in [2.24, 2.45) is 5.41 Å². The quantitative estimate of drug-likeness (QED) is 0.780. The molecule has 1 aromatic heterocycles. The highest BCUT2D eigenvalue weighted by Crippen LogP contribution is 2.25. The molecule has 4 heteroatoms. The van der Waals surface area contributed by atoms with E-state index in [1.807, 2.05) is 0 Å². The summed E-state index contributed by atoms with van der Waals surface area (Å²) in [6, 6.07) is 3.29. The second-order valence-corrected chi connectivity index (χ2v) is 4.70. The molecule has 0 amide bonds. The lowest BCUT2D eigenvalue weighted by Crippen LogP contribution is -2.26. The van der Waals surface area contributed by atoms with E-state index in [0.717, 1.165) is 0 Å². The molecule has 16 heavy (non-hydrogen) atoms. The maximum atomic E-state index is 11.7. The predicted octanol–water partition coefficient (Wildman–Crippen LogP) is 2.09. The minimum absolute atomic E-state index is 0.317. The van der Waals surface area contributed by atoms with Crippen LogP contribution in [0.1, 0.15) is 39.5 Å². The molecule has 0 aromatic carbocycles. The van der Waals surface area contributed by atoms with Gasteiger partial charge in [0.2, 0.25) is 0 Å². The van der Waals surface area contributed by atoms with Gasteiger partial charge in [0.05, 0.1) is 11.5 Å². The lowest BCUT2D eigenvalue weighted by atomic mass is 9.97. The van der Waals surface area contributed by atoms with Gasteiger partial charge in [0, 0.05) is 6.20 Å². The fourth-order valence-corrected chi connectivity index (χ4v) is 1.06. The van der Waals surface area contributed by atoms with Crippen molar-refractivity contribution in [1.29, 1.82) is 0 Å². The van der Waals surface area contributed by atoms with Crippen molar-refractivity contribution in [1.82, 2.24) is 4.98 Å². The Morgan fingerprint density at radius 2 is 2.12 bits per heavy atom. The van der Waals surface area contributed by atoms with E-state index in [0.29, 0.717) is 11.4 Å². The molecular weight excluding hydrogens is 206 g/mol. The third kappa shape index (κ3) is 3.03. The molecule has 0 spiro atoms. The Balaban J connectivity index is 2.94. The average Bonchev–Trinajstić information content (AvgIpc) is 2.16. The molecule has 0 aliphatic heterocycles. The van der Waals surface area contributed by atoms with Crippen LogP contribution >= 0.6 is 0 Å². The SMILES string of the molecule is CC(O)c1ncccc1OC(=O)C(C)(C)C. The van der Waals surface area contributed by atoms with Crippen molar-refractivity contribution in [3.05, 3.63) is 24.0 Å². The minimum Gasteiger partial charge on any atom is -0.424 e. The first-order chi connectivity index (χ1) is 7.32. The minimum atomic E-state index is -0.760. The van der Waals surface area contributed by atoms with Crippen LogP contribution in [-0.4, -0.2) is 16.1 Å². The Labute approximate surface area is 95.3 Å². The lowest BCUT2D eigenvalue weighted by molar-refractivity contribution is -0.143. The van der Waals surface area contributed by atoms with Gasteiger partial charge in [-0.05, 0) is 39.8 Å². The Morgan fingerprint density at radius 1 is 1.50 bits per heavy atom. The van der Waals surface area contributed by atoms with E-state index in [1.165, 1.54) is 0 Å². The van der Waals surface area contributed by atoms with Gasteiger partial charge in [-0.1, -0.05) is 0 Å². The standard InChI is InChI=1S/C12H17NO3/c1-8(14)10-9(6-5-7-13-10)16-11(15)12(2,3)4/h5-8,14H,1-4H3. The number of pyridine rings is 1. The van der Waals surface area contributed by atoms with Gasteiger partial charge >= 0.3 is 5.97 Å². The van der Waals surface area contributed by atoms with E-state index in [4.69, 9.17) is 4.74 Å². The molecule has 0 saturated heterocycles. The second kappa shape index (κ2) is 4.61. The van der Waals surface area contributed by atoms with E-state index >= 15 is 0 Å². The van der Waals surface area contributed by atoms with Gasteiger partial charge in [0.15, 0.2) is 5.75 Å². The molecule has 4 nitrogen and oxygen atoms in total. The van der Waals surface area contributed by atoms with Gasteiger partial charge < -0.3 is 9.84 Å². The van der Waals surface area contributed by atoms with Crippen LogP contribution in [0.5, 0.6) is 5.75 Å². The number of hydrogen-bond donors (Lipinski definition) is 1. The fraction of sp³-hybridized carbons (Fsp3) is 0.500. The summed E-state index contributed by atoms with van der Waals surface area (Å²) in [6.07, 6.45) is 0.792. The summed E-state index contributed by atoms with van der Waals surface area (Å²) in [6.45, 7) is 6.89. The highest BCUT2D eigenvalue weighted by molar-refractivity contribution is 5.78. The second-order valence-electron chi connectivity index (χ2n) is 4.70. The molecule has 1 rings (SSSR count). The first-order valence-electron chi connectivity index (χ1n) is 5.17.